The normalized spacial score (nSPS) is 9.29. The lowest BCUT2D eigenvalue weighted by atomic mass is 10.5. The van der Waals surface area contributed by atoms with Gasteiger partial charge in [-0.15, -0.1) is 24.8 Å². The zero-order valence-corrected chi connectivity index (χ0v) is 9.57. The minimum atomic E-state index is 0. The third-order valence-electron chi connectivity index (χ3n) is 1.68. The minimum absolute atomic E-state index is 0. The highest BCUT2D eigenvalue weighted by molar-refractivity contribution is 6.30. The largest absolute Gasteiger partial charge is 0.325 e. The molecule has 2 N–H and O–H groups in total. The second-order valence-corrected chi connectivity index (χ2v) is 2.98. The Balaban J connectivity index is 0.000000845. The van der Waals surface area contributed by atoms with Gasteiger partial charge in [-0.25, -0.2) is 4.98 Å². The lowest BCUT2D eigenvalue weighted by molar-refractivity contribution is 1.02. The fraction of sp³-hybridized carbons (Fsp3) is 0.125. The minimum Gasteiger partial charge on any atom is -0.325 e. The Morgan fingerprint density at radius 3 is 2.79 bits per heavy atom. The van der Waals surface area contributed by atoms with Crippen molar-refractivity contribution < 1.29 is 0 Å². The third-order valence-corrected chi connectivity index (χ3v) is 1.92. The van der Waals surface area contributed by atoms with Crippen molar-refractivity contribution in [2.24, 2.45) is 5.73 Å². The number of fused-ring (bicyclic) bond motifs is 1. The van der Waals surface area contributed by atoms with E-state index in [1.54, 1.807) is 6.07 Å². The van der Waals surface area contributed by atoms with Gasteiger partial charge in [-0.2, -0.15) is 0 Å². The van der Waals surface area contributed by atoms with Crippen molar-refractivity contribution in [3.63, 3.8) is 0 Å². The molecular weight excluding hydrogens is 244 g/mol. The molecule has 0 aliphatic rings. The van der Waals surface area contributed by atoms with E-state index in [1.807, 2.05) is 22.9 Å². The SMILES string of the molecule is Cl.Cl.NCc1cn2ccc(Cl)cc2n1. The highest BCUT2D eigenvalue weighted by Gasteiger charge is 1.98. The highest BCUT2D eigenvalue weighted by atomic mass is 35.5. The summed E-state index contributed by atoms with van der Waals surface area (Å²) in [4.78, 5) is 4.25. The molecule has 0 saturated heterocycles. The van der Waals surface area contributed by atoms with Gasteiger partial charge >= 0.3 is 0 Å². The zero-order chi connectivity index (χ0) is 8.55. The average Bonchev–Trinajstić information content (AvgIpc) is 2.46. The Morgan fingerprint density at radius 2 is 2.14 bits per heavy atom. The number of nitrogens with zero attached hydrogens (tertiary/aromatic N) is 2. The van der Waals surface area contributed by atoms with E-state index in [1.165, 1.54) is 0 Å². The van der Waals surface area contributed by atoms with E-state index in [0.29, 0.717) is 11.6 Å². The van der Waals surface area contributed by atoms with Crippen LogP contribution in [0.2, 0.25) is 5.02 Å². The highest BCUT2D eigenvalue weighted by Crippen LogP contribution is 2.11. The van der Waals surface area contributed by atoms with Crippen molar-refractivity contribution in [1.29, 1.82) is 0 Å². The number of imidazole rings is 1. The number of hydrogen-bond acceptors (Lipinski definition) is 2. The topological polar surface area (TPSA) is 43.3 Å². The van der Waals surface area contributed by atoms with E-state index in [4.69, 9.17) is 17.3 Å². The number of rotatable bonds is 1. The first-order valence-corrected chi connectivity index (χ1v) is 4.00. The fourth-order valence-corrected chi connectivity index (χ4v) is 1.26. The van der Waals surface area contributed by atoms with E-state index in [0.717, 1.165) is 11.3 Å². The number of nitrogens with two attached hydrogens (primary N) is 1. The summed E-state index contributed by atoms with van der Waals surface area (Å²) in [5, 5.41) is 0.691. The van der Waals surface area contributed by atoms with Crippen molar-refractivity contribution in [3.8, 4) is 0 Å². The Labute approximate surface area is 99.1 Å². The fourth-order valence-electron chi connectivity index (χ4n) is 1.11. The van der Waals surface area contributed by atoms with Crippen molar-refractivity contribution in [2.75, 3.05) is 0 Å². The molecule has 0 aliphatic heterocycles. The van der Waals surface area contributed by atoms with Crippen LogP contribution >= 0.6 is 36.4 Å². The number of hydrogen-bond donors (Lipinski definition) is 1. The summed E-state index contributed by atoms with van der Waals surface area (Å²) in [7, 11) is 0. The van der Waals surface area contributed by atoms with Crippen LogP contribution in [0.25, 0.3) is 5.65 Å². The van der Waals surface area contributed by atoms with Gasteiger partial charge in [0.1, 0.15) is 5.65 Å². The molecule has 3 nitrogen and oxygen atoms in total. The van der Waals surface area contributed by atoms with E-state index < -0.39 is 0 Å². The molecule has 2 rings (SSSR count). The molecule has 6 heteroatoms. The second kappa shape index (κ2) is 5.41. The van der Waals surface area contributed by atoms with E-state index in [9.17, 15) is 0 Å². The van der Waals surface area contributed by atoms with Gasteiger partial charge in [0.25, 0.3) is 0 Å². The van der Waals surface area contributed by atoms with Crippen LogP contribution in [0.5, 0.6) is 0 Å². The summed E-state index contributed by atoms with van der Waals surface area (Å²) in [6.07, 6.45) is 3.76. The molecule has 0 spiro atoms. The number of pyridine rings is 1. The van der Waals surface area contributed by atoms with Crippen LogP contribution in [0.1, 0.15) is 5.69 Å². The molecule has 0 radical (unpaired) electrons. The van der Waals surface area contributed by atoms with Crippen LogP contribution in [0.15, 0.2) is 24.5 Å². The molecule has 0 fully saturated rings. The van der Waals surface area contributed by atoms with Crippen LogP contribution < -0.4 is 5.73 Å². The average molecular weight is 255 g/mol. The maximum Gasteiger partial charge on any atom is 0.138 e. The maximum atomic E-state index is 5.79. The van der Waals surface area contributed by atoms with Gasteiger partial charge in [-0.05, 0) is 12.1 Å². The van der Waals surface area contributed by atoms with E-state index >= 15 is 0 Å². The summed E-state index contributed by atoms with van der Waals surface area (Å²) in [5.41, 5.74) is 7.15. The summed E-state index contributed by atoms with van der Waals surface area (Å²) < 4.78 is 1.90. The molecule has 2 aromatic rings. The van der Waals surface area contributed by atoms with Gasteiger partial charge in [0.15, 0.2) is 0 Å². The van der Waals surface area contributed by atoms with Gasteiger partial charge in [0.05, 0.1) is 5.69 Å². The lowest BCUT2D eigenvalue weighted by Crippen LogP contribution is -1.95. The van der Waals surface area contributed by atoms with Crippen molar-refractivity contribution in [1.82, 2.24) is 9.38 Å². The number of halogens is 3. The monoisotopic (exact) mass is 253 g/mol. The van der Waals surface area contributed by atoms with Crippen molar-refractivity contribution >= 4 is 42.1 Å². The quantitative estimate of drug-likeness (QED) is 0.848. The third kappa shape index (κ3) is 2.51. The zero-order valence-electron chi connectivity index (χ0n) is 7.18. The molecule has 0 aliphatic carbocycles. The predicted molar refractivity (Wildman–Crippen MR) is 62.6 cm³/mol. The summed E-state index contributed by atoms with van der Waals surface area (Å²) >= 11 is 5.79. The predicted octanol–water partition coefficient (Wildman–Crippen LogP) is 2.29. The first-order valence-electron chi connectivity index (χ1n) is 3.63. The second-order valence-electron chi connectivity index (χ2n) is 2.55. The molecule has 14 heavy (non-hydrogen) atoms. The first-order chi connectivity index (χ1) is 5.79. The Morgan fingerprint density at radius 1 is 1.43 bits per heavy atom. The molecule has 0 aromatic carbocycles. The molecular formula is C8H10Cl3N3. The molecule has 2 heterocycles. The van der Waals surface area contributed by atoms with Crippen molar-refractivity contribution in [3.05, 3.63) is 35.2 Å². The molecule has 0 unspecified atom stereocenters. The van der Waals surface area contributed by atoms with Gasteiger partial charge in [-0.3, -0.25) is 0 Å². The van der Waals surface area contributed by atoms with Gasteiger partial charge < -0.3 is 10.1 Å². The van der Waals surface area contributed by atoms with Gasteiger partial charge in [-0.1, -0.05) is 11.6 Å². The van der Waals surface area contributed by atoms with Crippen LogP contribution in [0.4, 0.5) is 0 Å². The summed E-state index contributed by atoms with van der Waals surface area (Å²) in [5.74, 6) is 0. The first kappa shape index (κ1) is 13.5. The van der Waals surface area contributed by atoms with Crippen molar-refractivity contribution in [2.45, 2.75) is 6.54 Å². The lowest BCUT2D eigenvalue weighted by Gasteiger charge is -1.90. The number of aromatic nitrogens is 2. The summed E-state index contributed by atoms with van der Waals surface area (Å²) in [6.45, 7) is 0.458. The molecule has 78 valence electrons. The molecule has 2 aromatic heterocycles. The van der Waals surface area contributed by atoms with Gasteiger partial charge in [0.2, 0.25) is 0 Å². The summed E-state index contributed by atoms with van der Waals surface area (Å²) in [6, 6.07) is 3.62. The standard InChI is InChI=1S/C8H8ClN3.2ClH/c9-6-1-2-12-5-7(4-10)11-8(12)3-6;;/h1-3,5H,4,10H2;2*1H. The van der Waals surface area contributed by atoms with E-state index in [2.05, 4.69) is 4.98 Å². The van der Waals surface area contributed by atoms with Crippen LogP contribution in [-0.4, -0.2) is 9.38 Å². The van der Waals surface area contributed by atoms with Crippen LogP contribution in [0.3, 0.4) is 0 Å². The smallest absolute Gasteiger partial charge is 0.138 e. The molecule has 0 atom stereocenters. The van der Waals surface area contributed by atoms with Crippen LogP contribution in [-0.2, 0) is 6.54 Å². The molecule has 0 saturated carbocycles. The Hall–Kier alpha value is -0.480. The Bertz CT molecular complexity index is 413. The van der Waals surface area contributed by atoms with Gasteiger partial charge in [0, 0.05) is 24.0 Å². The molecule has 0 bridgehead atoms. The Kier molecular flexibility index (Phi) is 5.23. The van der Waals surface area contributed by atoms with Crippen LogP contribution in [0, 0.1) is 0 Å². The van der Waals surface area contributed by atoms with E-state index in [-0.39, 0.29) is 24.8 Å². The maximum absolute atomic E-state index is 5.79. The molecule has 0 amide bonds.